The van der Waals surface area contributed by atoms with E-state index in [0.717, 1.165) is 34.1 Å². The van der Waals surface area contributed by atoms with Crippen molar-refractivity contribution in [1.29, 1.82) is 0 Å². The number of aromatic nitrogens is 2. The summed E-state index contributed by atoms with van der Waals surface area (Å²) in [4.78, 5) is 12.8. The molecule has 0 fully saturated rings. The molecule has 3 rings (SSSR count). The number of nitrogens with zero attached hydrogens (tertiary/aromatic N) is 3. The van der Waals surface area contributed by atoms with E-state index >= 15 is 0 Å². The van der Waals surface area contributed by atoms with Crippen LogP contribution in [-0.4, -0.2) is 41.3 Å². The van der Waals surface area contributed by atoms with Crippen molar-refractivity contribution in [1.82, 2.24) is 14.9 Å². The fraction of sp³-hybridized carbons (Fsp3) is 0.250. The number of thiophene rings is 1. The molecule has 0 aliphatic rings. The van der Waals surface area contributed by atoms with Gasteiger partial charge >= 0.3 is 0 Å². The summed E-state index contributed by atoms with van der Waals surface area (Å²) < 4.78 is 0. The topological polar surface area (TPSA) is 29.0 Å². The van der Waals surface area contributed by atoms with Crippen molar-refractivity contribution in [3.63, 3.8) is 0 Å². The molecule has 0 bridgehead atoms. The molecule has 2 heterocycles. The standard InChI is InChI=1S/C16H17N3S2/c1-19(2)9-11-21-16-17-13-7-4-3-6-12(13)15(18-16)14-8-5-10-20-14/h3-8,10H,9,11H2,1-2H3. The quantitative estimate of drug-likeness (QED) is 0.525. The van der Waals surface area contributed by atoms with Gasteiger partial charge in [0.15, 0.2) is 5.16 Å². The Bertz CT molecular complexity index is 723. The van der Waals surface area contributed by atoms with Crippen molar-refractivity contribution in [3.05, 3.63) is 41.8 Å². The van der Waals surface area contributed by atoms with E-state index in [9.17, 15) is 0 Å². The molecule has 0 aliphatic carbocycles. The van der Waals surface area contributed by atoms with Crippen LogP contribution in [0.4, 0.5) is 0 Å². The van der Waals surface area contributed by atoms with Gasteiger partial charge in [0.2, 0.25) is 0 Å². The van der Waals surface area contributed by atoms with Gasteiger partial charge < -0.3 is 4.90 Å². The third kappa shape index (κ3) is 3.43. The maximum absolute atomic E-state index is 4.78. The number of fused-ring (bicyclic) bond motifs is 1. The van der Waals surface area contributed by atoms with Crippen LogP contribution in [0.25, 0.3) is 21.5 Å². The van der Waals surface area contributed by atoms with Gasteiger partial charge in [-0.05, 0) is 31.6 Å². The molecule has 0 aliphatic heterocycles. The molecule has 0 saturated heterocycles. The molecule has 108 valence electrons. The zero-order chi connectivity index (χ0) is 14.7. The highest BCUT2D eigenvalue weighted by molar-refractivity contribution is 7.99. The average Bonchev–Trinajstić information content (AvgIpc) is 3.00. The van der Waals surface area contributed by atoms with Gasteiger partial charge in [0.05, 0.1) is 16.1 Å². The first kappa shape index (κ1) is 14.5. The molecule has 0 amide bonds. The first-order valence-corrected chi connectivity index (χ1v) is 8.69. The zero-order valence-electron chi connectivity index (χ0n) is 12.1. The van der Waals surface area contributed by atoms with Crippen LogP contribution in [0.3, 0.4) is 0 Å². The third-order valence-electron chi connectivity index (χ3n) is 3.11. The van der Waals surface area contributed by atoms with Gasteiger partial charge in [-0.1, -0.05) is 36.0 Å². The molecule has 3 aromatic rings. The Labute approximate surface area is 133 Å². The average molecular weight is 315 g/mol. The smallest absolute Gasteiger partial charge is 0.188 e. The number of rotatable bonds is 5. The molecule has 0 radical (unpaired) electrons. The minimum atomic E-state index is 0.860. The van der Waals surface area contributed by atoms with E-state index < -0.39 is 0 Å². The van der Waals surface area contributed by atoms with E-state index in [1.165, 1.54) is 4.88 Å². The summed E-state index contributed by atoms with van der Waals surface area (Å²) in [6.45, 7) is 1.02. The van der Waals surface area contributed by atoms with Crippen molar-refractivity contribution < 1.29 is 0 Å². The number of hydrogen-bond acceptors (Lipinski definition) is 5. The zero-order valence-corrected chi connectivity index (χ0v) is 13.7. The summed E-state index contributed by atoms with van der Waals surface area (Å²) in [5.41, 5.74) is 2.06. The van der Waals surface area contributed by atoms with Crippen molar-refractivity contribution in [2.45, 2.75) is 5.16 Å². The number of para-hydroxylation sites is 1. The van der Waals surface area contributed by atoms with Gasteiger partial charge in [0, 0.05) is 17.7 Å². The highest BCUT2D eigenvalue weighted by Gasteiger charge is 2.10. The Kier molecular flexibility index (Phi) is 4.53. The SMILES string of the molecule is CN(C)CCSc1nc(-c2cccs2)c2ccccc2n1. The van der Waals surface area contributed by atoms with Crippen molar-refractivity contribution in [2.75, 3.05) is 26.4 Å². The summed E-state index contributed by atoms with van der Waals surface area (Å²) in [7, 11) is 4.16. The number of hydrogen-bond donors (Lipinski definition) is 0. The van der Waals surface area contributed by atoms with Crippen LogP contribution in [0.2, 0.25) is 0 Å². The van der Waals surface area contributed by atoms with Crippen LogP contribution in [0.1, 0.15) is 0 Å². The van der Waals surface area contributed by atoms with Crippen LogP contribution >= 0.6 is 23.1 Å². The van der Waals surface area contributed by atoms with E-state index in [0.29, 0.717) is 0 Å². The molecule has 0 spiro atoms. The Morgan fingerprint density at radius 1 is 1.10 bits per heavy atom. The van der Waals surface area contributed by atoms with Crippen molar-refractivity contribution >= 4 is 34.0 Å². The molecule has 21 heavy (non-hydrogen) atoms. The third-order valence-corrected chi connectivity index (χ3v) is 4.81. The fourth-order valence-electron chi connectivity index (χ4n) is 2.04. The molecule has 3 nitrogen and oxygen atoms in total. The lowest BCUT2D eigenvalue weighted by Gasteiger charge is -2.09. The molecule has 5 heteroatoms. The van der Waals surface area contributed by atoms with E-state index in [2.05, 4.69) is 53.6 Å². The summed E-state index contributed by atoms with van der Waals surface area (Å²) in [6, 6.07) is 12.4. The maximum atomic E-state index is 4.78. The summed E-state index contributed by atoms with van der Waals surface area (Å²) >= 11 is 3.44. The highest BCUT2D eigenvalue weighted by atomic mass is 32.2. The summed E-state index contributed by atoms with van der Waals surface area (Å²) in [5, 5.41) is 4.07. The lowest BCUT2D eigenvalue weighted by Crippen LogP contribution is -2.14. The maximum Gasteiger partial charge on any atom is 0.188 e. The summed E-state index contributed by atoms with van der Waals surface area (Å²) in [6.07, 6.45) is 0. The molecule has 1 aromatic carbocycles. The molecular weight excluding hydrogens is 298 g/mol. The van der Waals surface area contributed by atoms with Gasteiger partial charge in [0.25, 0.3) is 0 Å². The van der Waals surface area contributed by atoms with Crippen molar-refractivity contribution in [2.24, 2.45) is 0 Å². The fourth-order valence-corrected chi connectivity index (χ4v) is 3.73. The largest absolute Gasteiger partial charge is 0.309 e. The van der Waals surface area contributed by atoms with Gasteiger partial charge in [-0.25, -0.2) is 9.97 Å². The Morgan fingerprint density at radius 2 is 1.95 bits per heavy atom. The number of benzene rings is 1. The monoisotopic (exact) mass is 315 g/mol. The Balaban J connectivity index is 1.99. The molecule has 0 unspecified atom stereocenters. The van der Waals surface area contributed by atoms with Crippen LogP contribution in [0.15, 0.2) is 46.9 Å². The van der Waals surface area contributed by atoms with E-state index in [-0.39, 0.29) is 0 Å². The Hall–Kier alpha value is -1.43. The molecule has 0 atom stereocenters. The predicted octanol–water partition coefficient (Wildman–Crippen LogP) is 4.01. The van der Waals surface area contributed by atoms with Crippen LogP contribution in [-0.2, 0) is 0 Å². The molecular formula is C16H17N3S2. The minimum Gasteiger partial charge on any atom is -0.309 e. The minimum absolute atomic E-state index is 0.860. The summed E-state index contributed by atoms with van der Waals surface area (Å²) in [5.74, 6) is 0.995. The van der Waals surface area contributed by atoms with E-state index in [1.807, 2.05) is 12.1 Å². The molecule has 2 aromatic heterocycles. The Morgan fingerprint density at radius 3 is 2.71 bits per heavy atom. The van der Waals surface area contributed by atoms with Gasteiger partial charge in [0.1, 0.15) is 0 Å². The lowest BCUT2D eigenvalue weighted by molar-refractivity contribution is 0.437. The molecule has 0 saturated carbocycles. The second kappa shape index (κ2) is 6.56. The predicted molar refractivity (Wildman–Crippen MR) is 92.1 cm³/mol. The van der Waals surface area contributed by atoms with Crippen LogP contribution in [0.5, 0.6) is 0 Å². The van der Waals surface area contributed by atoms with Gasteiger partial charge in [-0.3, -0.25) is 0 Å². The van der Waals surface area contributed by atoms with Crippen LogP contribution < -0.4 is 0 Å². The lowest BCUT2D eigenvalue weighted by atomic mass is 10.1. The van der Waals surface area contributed by atoms with Gasteiger partial charge in [-0.15, -0.1) is 11.3 Å². The van der Waals surface area contributed by atoms with E-state index in [4.69, 9.17) is 4.98 Å². The second-order valence-corrected chi connectivity index (χ2v) is 7.01. The second-order valence-electron chi connectivity index (χ2n) is 5.00. The number of thioether (sulfide) groups is 1. The van der Waals surface area contributed by atoms with E-state index in [1.54, 1.807) is 23.1 Å². The highest BCUT2D eigenvalue weighted by Crippen LogP contribution is 2.31. The first-order valence-electron chi connectivity index (χ1n) is 6.82. The van der Waals surface area contributed by atoms with Crippen molar-refractivity contribution in [3.8, 4) is 10.6 Å². The van der Waals surface area contributed by atoms with Gasteiger partial charge in [-0.2, -0.15) is 0 Å². The molecule has 0 N–H and O–H groups in total. The van der Waals surface area contributed by atoms with Crippen LogP contribution in [0, 0.1) is 0 Å². The first-order chi connectivity index (χ1) is 10.2. The normalized spacial score (nSPS) is 11.4.